The number of piperidine rings is 1. The van der Waals surface area contributed by atoms with E-state index in [1.165, 1.54) is 0 Å². The van der Waals surface area contributed by atoms with E-state index < -0.39 is 10.0 Å². The van der Waals surface area contributed by atoms with Crippen LogP contribution >= 0.6 is 0 Å². The molecule has 1 aliphatic rings. The zero-order valence-corrected chi connectivity index (χ0v) is 13.8. The molecule has 0 spiro atoms. The van der Waals surface area contributed by atoms with Crippen LogP contribution in [0.3, 0.4) is 0 Å². The first kappa shape index (κ1) is 15.5. The van der Waals surface area contributed by atoms with Crippen molar-refractivity contribution in [1.29, 1.82) is 0 Å². The van der Waals surface area contributed by atoms with Gasteiger partial charge in [0.15, 0.2) is 0 Å². The van der Waals surface area contributed by atoms with Gasteiger partial charge in [0.1, 0.15) is 5.82 Å². The SMILES string of the molecule is CCCCS(=O)(=O)N1CCC(c2nc3ccccc3[nH]2)CC1. The summed E-state index contributed by atoms with van der Waals surface area (Å²) in [5.41, 5.74) is 2.03. The van der Waals surface area contributed by atoms with Crippen LogP contribution in [0.5, 0.6) is 0 Å². The van der Waals surface area contributed by atoms with Crippen LogP contribution in [-0.2, 0) is 10.0 Å². The average molecular weight is 321 g/mol. The first-order valence-corrected chi connectivity index (χ1v) is 9.63. The minimum absolute atomic E-state index is 0.277. The highest BCUT2D eigenvalue weighted by atomic mass is 32.2. The highest BCUT2D eigenvalue weighted by Crippen LogP contribution is 2.29. The molecule has 3 rings (SSSR count). The third kappa shape index (κ3) is 3.17. The molecule has 22 heavy (non-hydrogen) atoms. The molecule has 0 bridgehead atoms. The number of nitrogens with zero attached hydrogens (tertiary/aromatic N) is 2. The van der Waals surface area contributed by atoms with Crippen LogP contribution in [0.4, 0.5) is 0 Å². The van der Waals surface area contributed by atoms with E-state index >= 15 is 0 Å². The molecule has 0 amide bonds. The Labute approximate surface area is 131 Å². The Morgan fingerprint density at radius 2 is 2.00 bits per heavy atom. The number of nitrogens with one attached hydrogen (secondary N) is 1. The third-order valence-corrected chi connectivity index (χ3v) is 6.35. The number of hydrogen-bond donors (Lipinski definition) is 1. The third-order valence-electron chi connectivity index (χ3n) is 4.40. The van der Waals surface area contributed by atoms with Crippen LogP contribution in [0.15, 0.2) is 24.3 Å². The molecule has 1 fully saturated rings. The second-order valence-corrected chi connectivity index (χ2v) is 8.07. The number of sulfonamides is 1. The van der Waals surface area contributed by atoms with Gasteiger partial charge < -0.3 is 4.98 Å². The minimum Gasteiger partial charge on any atom is -0.342 e. The number of benzene rings is 1. The molecule has 0 saturated carbocycles. The predicted molar refractivity (Wildman–Crippen MR) is 88.3 cm³/mol. The number of H-pyrrole nitrogens is 1. The molecule has 0 unspecified atom stereocenters. The minimum atomic E-state index is -3.07. The molecule has 0 atom stereocenters. The Morgan fingerprint density at radius 1 is 1.27 bits per heavy atom. The van der Waals surface area contributed by atoms with Gasteiger partial charge in [0, 0.05) is 19.0 Å². The largest absolute Gasteiger partial charge is 0.342 e. The number of aromatic nitrogens is 2. The molecular weight excluding hydrogens is 298 g/mol. The molecule has 120 valence electrons. The van der Waals surface area contributed by atoms with Gasteiger partial charge in [-0.1, -0.05) is 25.5 Å². The van der Waals surface area contributed by atoms with Gasteiger partial charge in [0.25, 0.3) is 0 Å². The summed E-state index contributed by atoms with van der Waals surface area (Å²) >= 11 is 0. The van der Waals surface area contributed by atoms with Gasteiger partial charge >= 0.3 is 0 Å². The van der Waals surface area contributed by atoms with Gasteiger partial charge in [0.05, 0.1) is 16.8 Å². The fourth-order valence-corrected chi connectivity index (χ4v) is 4.71. The first-order valence-electron chi connectivity index (χ1n) is 8.02. The number of rotatable bonds is 5. The van der Waals surface area contributed by atoms with Gasteiger partial charge in [-0.3, -0.25) is 0 Å². The number of imidazole rings is 1. The maximum Gasteiger partial charge on any atom is 0.214 e. The second kappa shape index (κ2) is 6.38. The van der Waals surface area contributed by atoms with Crippen molar-refractivity contribution in [2.24, 2.45) is 0 Å². The normalized spacial score (nSPS) is 18.0. The molecule has 5 nitrogen and oxygen atoms in total. The highest BCUT2D eigenvalue weighted by Gasteiger charge is 2.29. The Hall–Kier alpha value is -1.40. The van der Waals surface area contributed by atoms with Crippen LogP contribution in [0.25, 0.3) is 11.0 Å². The number of fused-ring (bicyclic) bond motifs is 1. The van der Waals surface area contributed by atoms with E-state index in [4.69, 9.17) is 0 Å². The van der Waals surface area contributed by atoms with E-state index in [2.05, 4.69) is 9.97 Å². The van der Waals surface area contributed by atoms with Gasteiger partial charge in [-0.2, -0.15) is 0 Å². The fraction of sp³-hybridized carbons (Fsp3) is 0.562. The van der Waals surface area contributed by atoms with Gasteiger partial charge in [-0.25, -0.2) is 17.7 Å². The van der Waals surface area contributed by atoms with Crippen LogP contribution in [0.2, 0.25) is 0 Å². The Morgan fingerprint density at radius 3 is 2.68 bits per heavy atom. The van der Waals surface area contributed by atoms with Crippen molar-refractivity contribution >= 4 is 21.1 Å². The van der Waals surface area contributed by atoms with Crippen molar-refractivity contribution in [3.8, 4) is 0 Å². The molecule has 1 saturated heterocycles. The monoisotopic (exact) mass is 321 g/mol. The summed E-state index contributed by atoms with van der Waals surface area (Å²) in [5.74, 6) is 1.59. The maximum absolute atomic E-state index is 12.2. The van der Waals surface area contributed by atoms with E-state index in [1.54, 1.807) is 4.31 Å². The van der Waals surface area contributed by atoms with Crippen molar-refractivity contribution in [3.05, 3.63) is 30.1 Å². The van der Waals surface area contributed by atoms with Crippen LogP contribution in [0.1, 0.15) is 44.3 Å². The number of hydrogen-bond acceptors (Lipinski definition) is 3. The van der Waals surface area contributed by atoms with Crippen molar-refractivity contribution in [2.45, 2.75) is 38.5 Å². The summed E-state index contributed by atoms with van der Waals surface area (Å²) in [6.07, 6.45) is 3.33. The standard InChI is InChI=1S/C16H23N3O2S/c1-2-3-12-22(20,21)19-10-8-13(9-11-19)16-17-14-6-4-5-7-15(14)18-16/h4-7,13H,2-3,8-12H2,1H3,(H,17,18). The molecular formula is C16H23N3O2S. The number of para-hydroxylation sites is 2. The Kier molecular flexibility index (Phi) is 4.49. The Bertz CT molecular complexity index is 698. The smallest absolute Gasteiger partial charge is 0.214 e. The van der Waals surface area contributed by atoms with Crippen molar-refractivity contribution in [3.63, 3.8) is 0 Å². The number of unbranched alkanes of at least 4 members (excludes halogenated alkanes) is 1. The molecule has 1 aromatic carbocycles. The fourth-order valence-electron chi connectivity index (χ4n) is 3.03. The van der Waals surface area contributed by atoms with Crippen LogP contribution < -0.4 is 0 Å². The molecule has 1 aliphatic heterocycles. The lowest BCUT2D eigenvalue weighted by Gasteiger charge is -2.30. The van der Waals surface area contributed by atoms with Crippen molar-refractivity contribution in [2.75, 3.05) is 18.8 Å². The molecule has 1 N–H and O–H groups in total. The van der Waals surface area contributed by atoms with Gasteiger partial charge in [-0.05, 0) is 31.4 Å². The zero-order chi connectivity index (χ0) is 15.6. The topological polar surface area (TPSA) is 66.1 Å². The van der Waals surface area contributed by atoms with Crippen molar-refractivity contribution in [1.82, 2.24) is 14.3 Å². The van der Waals surface area contributed by atoms with E-state index in [0.29, 0.717) is 19.0 Å². The van der Waals surface area contributed by atoms with E-state index in [0.717, 1.165) is 42.5 Å². The first-order chi connectivity index (χ1) is 10.6. The zero-order valence-electron chi connectivity index (χ0n) is 13.0. The van der Waals surface area contributed by atoms with E-state index in [9.17, 15) is 8.42 Å². The lowest BCUT2D eigenvalue weighted by Crippen LogP contribution is -2.39. The summed E-state index contributed by atoms with van der Waals surface area (Å²) in [5, 5.41) is 0. The summed E-state index contributed by atoms with van der Waals surface area (Å²) in [7, 11) is -3.07. The predicted octanol–water partition coefficient (Wildman–Crippen LogP) is 2.87. The van der Waals surface area contributed by atoms with Gasteiger partial charge in [0.2, 0.25) is 10.0 Å². The number of aromatic amines is 1. The lowest BCUT2D eigenvalue weighted by atomic mass is 9.97. The summed E-state index contributed by atoms with van der Waals surface area (Å²) in [4.78, 5) is 8.02. The lowest BCUT2D eigenvalue weighted by molar-refractivity contribution is 0.314. The molecule has 2 heterocycles. The molecule has 0 radical (unpaired) electrons. The second-order valence-electron chi connectivity index (χ2n) is 5.98. The molecule has 1 aromatic heterocycles. The maximum atomic E-state index is 12.2. The quantitative estimate of drug-likeness (QED) is 0.921. The van der Waals surface area contributed by atoms with E-state index in [-0.39, 0.29) is 5.75 Å². The van der Waals surface area contributed by atoms with Crippen molar-refractivity contribution < 1.29 is 8.42 Å². The Balaban J connectivity index is 1.66. The highest BCUT2D eigenvalue weighted by molar-refractivity contribution is 7.89. The summed E-state index contributed by atoms with van der Waals surface area (Å²) < 4.78 is 26.1. The average Bonchev–Trinajstić information content (AvgIpc) is 2.97. The van der Waals surface area contributed by atoms with Gasteiger partial charge in [-0.15, -0.1) is 0 Å². The molecule has 0 aliphatic carbocycles. The van der Waals surface area contributed by atoms with E-state index in [1.807, 2.05) is 31.2 Å². The van der Waals surface area contributed by atoms with Crippen LogP contribution in [0, 0.1) is 0 Å². The molecule has 6 heteroatoms. The summed E-state index contributed by atoms with van der Waals surface area (Å²) in [6.45, 7) is 3.23. The van der Waals surface area contributed by atoms with Crippen LogP contribution in [-0.4, -0.2) is 41.5 Å². The molecule has 2 aromatic rings. The summed E-state index contributed by atoms with van der Waals surface area (Å²) in [6, 6.07) is 8.00.